The molecule has 46 heavy (non-hydrogen) atoms. The number of thiophene rings is 1. The molecule has 0 N–H and O–H groups in total. The Balaban J connectivity index is 1.28. The van der Waals surface area contributed by atoms with E-state index >= 15 is 0 Å². The fraction of sp³-hybridized carbons (Fsp3) is 0.0476. The standard InChI is InChI=1S/C42H24BNS2/c1-2-10-25-23(9-1)19-20-24-21-29-30-22-36-39(26-11-3-5-16-33(26)45-36)40-28-13-8-18-35-42(28)44(32-15-4-6-17-34(32)46-35)43(41(30)40)31-14-7-12-27(37(24)25)38(29)31/h1-20,22,29H,21H2. The van der Waals surface area contributed by atoms with Gasteiger partial charge in [-0.2, -0.15) is 0 Å². The average molecular weight is 618 g/mol. The molecule has 1 nitrogen and oxygen atoms in total. The molecule has 4 heteroatoms. The summed E-state index contributed by atoms with van der Waals surface area (Å²) >= 11 is 3.89. The van der Waals surface area contributed by atoms with Crippen LogP contribution >= 0.6 is 23.1 Å². The van der Waals surface area contributed by atoms with E-state index in [1.54, 1.807) is 0 Å². The SMILES string of the molecule is c1ccc2c(c1)Sc1cccc3c1N2B1c2cccc4c2C(Cc2ccc5ccccc5c2-4)c2cc4sc5ccccc5c4c-3c21. The molecule has 12 rings (SSSR count). The molecular weight excluding hydrogens is 593 g/mol. The number of hydrogen-bond donors (Lipinski definition) is 0. The Morgan fingerprint density at radius 2 is 1.46 bits per heavy atom. The minimum Gasteiger partial charge on any atom is -0.375 e. The molecule has 0 radical (unpaired) electrons. The molecule has 0 fully saturated rings. The molecule has 4 aliphatic rings. The van der Waals surface area contributed by atoms with Crippen molar-refractivity contribution in [2.24, 2.45) is 0 Å². The van der Waals surface area contributed by atoms with Crippen LogP contribution in [0.15, 0.2) is 137 Å². The largest absolute Gasteiger partial charge is 0.375 e. The van der Waals surface area contributed by atoms with Crippen LogP contribution < -0.4 is 15.7 Å². The first-order valence-corrected chi connectivity index (χ1v) is 17.8. The zero-order valence-corrected chi connectivity index (χ0v) is 26.4. The van der Waals surface area contributed by atoms with E-state index < -0.39 is 0 Å². The highest BCUT2D eigenvalue weighted by Gasteiger charge is 2.49. The molecule has 212 valence electrons. The Bertz CT molecular complexity index is 2690. The van der Waals surface area contributed by atoms with Gasteiger partial charge in [0.25, 0.3) is 0 Å². The van der Waals surface area contributed by atoms with Gasteiger partial charge < -0.3 is 4.81 Å². The minimum atomic E-state index is 0.103. The lowest BCUT2D eigenvalue weighted by Gasteiger charge is -2.48. The molecular formula is C42H24BNS2. The van der Waals surface area contributed by atoms with Gasteiger partial charge in [0.2, 0.25) is 0 Å². The lowest BCUT2D eigenvalue weighted by molar-refractivity contribution is 0.801. The monoisotopic (exact) mass is 617 g/mol. The number of para-hydroxylation sites is 2. The van der Waals surface area contributed by atoms with Crippen molar-refractivity contribution in [3.8, 4) is 22.3 Å². The Labute approximate surface area is 275 Å². The van der Waals surface area contributed by atoms with Crippen LogP contribution in [-0.4, -0.2) is 6.85 Å². The number of fused-ring (bicyclic) bond motifs is 14. The van der Waals surface area contributed by atoms with Crippen LogP contribution in [0.5, 0.6) is 0 Å². The smallest absolute Gasteiger partial charge is 0.329 e. The third-order valence-corrected chi connectivity index (χ3v) is 13.2. The summed E-state index contributed by atoms with van der Waals surface area (Å²) in [5, 5.41) is 5.51. The summed E-state index contributed by atoms with van der Waals surface area (Å²) in [6.45, 7) is 0.103. The Morgan fingerprint density at radius 3 is 2.43 bits per heavy atom. The Hall–Kier alpha value is -4.77. The number of nitrogens with zero attached hydrogens (tertiary/aromatic N) is 1. The molecule has 0 bridgehead atoms. The van der Waals surface area contributed by atoms with E-state index in [4.69, 9.17) is 0 Å². The van der Waals surface area contributed by atoms with E-state index in [0.29, 0.717) is 5.92 Å². The van der Waals surface area contributed by atoms with Crippen LogP contribution in [0.3, 0.4) is 0 Å². The van der Waals surface area contributed by atoms with Gasteiger partial charge >= 0.3 is 6.85 Å². The summed E-state index contributed by atoms with van der Waals surface area (Å²) < 4.78 is 2.78. The molecule has 1 aliphatic carbocycles. The molecule has 4 heterocycles. The molecule has 3 aliphatic heterocycles. The molecule has 8 aromatic rings. The molecule has 0 saturated carbocycles. The van der Waals surface area contributed by atoms with Gasteiger partial charge in [-0.1, -0.05) is 109 Å². The summed E-state index contributed by atoms with van der Waals surface area (Å²) in [6.07, 6.45) is 1.03. The third kappa shape index (κ3) is 2.88. The van der Waals surface area contributed by atoms with E-state index in [2.05, 4.69) is 132 Å². The van der Waals surface area contributed by atoms with Crippen molar-refractivity contribution >= 4 is 83.2 Å². The Morgan fingerprint density at radius 1 is 0.652 bits per heavy atom. The summed E-state index contributed by atoms with van der Waals surface area (Å²) in [6, 6.07) is 48.6. The maximum Gasteiger partial charge on any atom is 0.329 e. The van der Waals surface area contributed by atoms with Crippen molar-refractivity contribution in [3.05, 3.63) is 144 Å². The lowest BCUT2D eigenvalue weighted by Crippen LogP contribution is -2.63. The quantitative estimate of drug-likeness (QED) is 0.156. The first-order chi connectivity index (χ1) is 22.8. The molecule has 1 unspecified atom stereocenters. The van der Waals surface area contributed by atoms with Crippen LogP contribution in [0, 0.1) is 0 Å². The first-order valence-electron chi connectivity index (χ1n) is 16.1. The van der Waals surface area contributed by atoms with Crippen LogP contribution in [0.2, 0.25) is 0 Å². The van der Waals surface area contributed by atoms with Crippen LogP contribution in [0.1, 0.15) is 22.6 Å². The topological polar surface area (TPSA) is 3.24 Å². The summed E-state index contributed by atoms with van der Waals surface area (Å²) in [7, 11) is 0. The van der Waals surface area contributed by atoms with Gasteiger partial charge in [0, 0.05) is 47.1 Å². The van der Waals surface area contributed by atoms with E-state index in [1.165, 1.54) is 102 Å². The second-order valence-electron chi connectivity index (χ2n) is 13.1. The number of anilines is 2. The summed E-state index contributed by atoms with van der Waals surface area (Å²) in [5.74, 6) is 0.318. The number of hydrogen-bond acceptors (Lipinski definition) is 3. The van der Waals surface area contributed by atoms with E-state index in [9.17, 15) is 0 Å². The van der Waals surface area contributed by atoms with Gasteiger partial charge in [-0.05, 0) is 91.8 Å². The molecule has 1 aromatic heterocycles. The minimum absolute atomic E-state index is 0.103. The molecule has 0 amide bonds. The summed E-state index contributed by atoms with van der Waals surface area (Å²) in [5.41, 5.74) is 15.9. The lowest BCUT2D eigenvalue weighted by atomic mass is 9.39. The van der Waals surface area contributed by atoms with Gasteiger partial charge in [-0.3, -0.25) is 0 Å². The predicted octanol–water partition coefficient (Wildman–Crippen LogP) is 10.3. The second-order valence-corrected chi connectivity index (χ2v) is 15.3. The summed E-state index contributed by atoms with van der Waals surface area (Å²) in [4.78, 5) is 5.40. The number of rotatable bonds is 0. The first kappa shape index (κ1) is 24.5. The normalized spacial score (nSPS) is 16.2. The molecule has 1 atom stereocenters. The fourth-order valence-electron chi connectivity index (χ4n) is 9.33. The van der Waals surface area contributed by atoms with Crippen molar-refractivity contribution in [2.45, 2.75) is 22.1 Å². The van der Waals surface area contributed by atoms with E-state index in [-0.39, 0.29) is 6.85 Å². The van der Waals surface area contributed by atoms with Crippen LogP contribution in [-0.2, 0) is 6.42 Å². The van der Waals surface area contributed by atoms with Gasteiger partial charge in [-0.15, -0.1) is 11.3 Å². The zero-order chi connectivity index (χ0) is 29.7. The maximum absolute atomic E-state index is 2.72. The fourth-order valence-corrected chi connectivity index (χ4v) is 11.6. The average Bonchev–Trinajstić information content (AvgIpc) is 3.48. The van der Waals surface area contributed by atoms with Crippen molar-refractivity contribution in [1.29, 1.82) is 0 Å². The van der Waals surface area contributed by atoms with Crippen molar-refractivity contribution in [2.75, 3.05) is 4.81 Å². The maximum atomic E-state index is 2.72. The van der Waals surface area contributed by atoms with E-state index in [0.717, 1.165) is 6.42 Å². The van der Waals surface area contributed by atoms with Gasteiger partial charge in [-0.25, -0.2) is 0 Å². The van der Waals surface area contributed by atoms with Crippen LogP contribution in [0.25, 0.3) is 53.2 Å². The molecule has 7 aromatic carbocycles. The van der Waals surface area contributed by atoms with E-state index in [1.807, 2.05) is 23.1 Å². The highest BCUT2D eigenvalue weighted by Crippen LogP contribution is 2.58. The highest BCUT2D eigenvalue weighted by molar-refractivity contribution is 7.99. The van der Waals surface area contributed by atoms with Crippen molar-refractivity contribution in [1.82, 2.24) is 0 Å². The second kappa shape index (κ2) is 8.53. The van der Waals surface area contributed by atoms with Gasteiger partial charge in [0.05, 0.1) is 5.69 Å². The van der Waals surface area contributed by atoms with Gasteiger partial charge in [0.1, 0.15) is 0 Å². The van der Waals surface area contributed by atoms with Crippen molar-refractivity contribution in [3.63, 3.8) is 0 Å². The predicted molar refractivity (Wildman–Crippen MR) is 197 cm³/mol. The molecule has 0 saturated heterocycles. The Kier molecular flexibility index (Phi) is 4.53. The van der Waals surface area contributed by atoms with Crippen molar-refractivity contribution < 1.29 is 0 Å². The highest BCUT2D eigenvalue weighted by atomic mass is 32.2. The number of benzene rings is 7. The van der Waals surface area contributed by atoms with Crippen LogP contribution in [0.4, 0.5) is 11.4 Å². The third-order valence-electron chi connectivity index (χ3n) is 11.0. The zero-order valence-electron chi connectivity index (χ0n) is 24.7. The van der Waals surface area contributed by atoms with Gasteiger partial charge in [0.15, 0.2) is 0 Å². The molecule has 0 spiro atoms.